The fraction of sp³-hybridized carbons (Fsp3) is 0.500. The normalized spacial score (nSPS) is 17.2. The van der Waals surface area contributed by atoms with Gasteiger partial charge in [-0.25, -0.2) is 8.42 Å². The summed E-state index contributed by atoms with van der Waals surface area (Å²) in [7, 11) is -0.800. The van der Waals surface area contributed by atoms with Crippen LogP contribution in [-0.4, -0.2) is 51.1 Å². The van der Waals surface area contributed by atoms with E-state index in [9.17, 15) is 13.2 Å². The standard InChI is InChI=1S/C14H19NO6S/c1-20-11-7-12(21-2)9-13(8-11)22(18,19)15-5-3-10(4-6-15)14(16)17/h7-10H,3-6H2,1-2H3,(H,16,17). The summed E-state index contributed by atoms with van der Waals surface area (Å²) in [5, 5.41) is 8.98. The second kappa shape index (κ2) is 6.53. The first-order valence-corrected chi connectivity index (χ1v) is 8.28. The number of methoxy groups -OCH3 is 2. The van der Waals surface area contributed by atoms with Gasteiger partial charge in [-0.05, 0) is 12.8 Å². The molecule has 0 amide bonds. The number of sulfonamides is 1. The first-order valence-electron chi connectivity index (χ1n) is 6.84. The predicted octanol–water partition coefficient (Wildman–Crippen LogP) is 1.19. The van der Waals surface area contributed by atoms with Gasteiger partial charge in [0.1, 0.15) is 11.5 Å². The van der Waals surface area contributed by atoms with E-state index in [0.29, 0.717) is 24.3 Å². The quantitative estimate of drug-likeness (QED) is 0.872. The smallest absolute Gasteiger partial charge is 0.306 e. The molecule has 1 saturated heterocycles. The van der Waals surface area contributed by atoms with Crippen molar-refractivity contribution in [2.45, 2.75) is 17.7 Å². The molecule has 8 heteroatoms. The number of aliphatic carboxylic acids is 1. The molecule has 22 heavy (non-hydrogen) atoms. The number of benzene rings is 1. The van der Waals surface area contributed by atoms with E-state index in [0.717, 1.165) is 0 Å². The Morgan fingerprint density at radius 2 is 1.64 bits per heavy atom. The summed E-state index contributed by atoms with van der Waals surface area (Å²) in [4.78, 5) is 11.0. The minimum Gasteiger partial charge on any atom is -0.497 e. The van der Waals surface area contributed by atoms with Gasteiger partial charge in [-0.1, -0.05) is 0 Å². The highest BCUT2D eigenvalue weighted by Crippen LogP contribution is 2.29. The van der Waals surface area contributed by atoms with E-state index in [1.807, 2.05) is 0 Å². The van der Waals surface area contributed by atoms with Gasteiger partial charge in [-0.3, -0.25) is 4.79 Å². The first kappa shape index (κ1) is 16.6. The van der Waals surface area contributed by atoms with Crippen molar-refractivity contribution in [3.8, 4) is 11.5 Å². The Labute approximate surface area is 129 Å². The van der Waals surface area contributed by atoms with Crippen LogP contribution < -0.4 is 9.47 Å². The molecule has 0 atom stereocenters. The van der Waals surface area contributed by atoms with E-state index >= 15 is 0 Å². The van der Waals surface area contributed by atoms with Crippen LogP contribution in [0.25, 0.3) is 0 Å². The van der Waals surface area contributed by atoms with Crippen LogP contribution in [0.4, 0.5) is 0 Å². The molecule has 0 radical (unpaired) electrons. The van der Waals surface area contributed by atoms with Crippen LogP contribution in [0.1, 0.15) is 12.8 Å². The maximum atomic E-state index is 12.7. The van der Waals surface area contributed by atoms with E-state index in [2.05, 4.69) is 0 Å². The molecule has 2 rings (SSSR count). The van der Waals surface area contributed by atoms with Crippen LogP contribution in [0.5, 0.6) is 11.5 Å². The van der Waals surface area contributed by atoms with Crippen molar-refractivity contribution in [2.24, 2.45) is 5.92 Å². The number of hydrogen-bond acceptors (Lipinski definition) is 5. The Balaban J connectivity index is 2.26. The number of hydrogen-bond donors (Lipinski definition) is 1. The van der Waals surface area contributed by atoms with Crippen LogP contribution >= 0.6 is 0 Å². The van der Waals surface area contributed by atoms with Gasteiger partial charge in [0, 0.05) is 31.3 Å². The number of piperidine rings is 1. The molecule has 1 N–H and O–H groups in total. The highest BCUT2D eigenvalue weighted by Gasteiger charge is 2.32. The third-order valence-corrected chi connectivity index (χ3v) is 5.64. The van der Waals surface area contributed by atoms with Gasteiger partial charge in [-0.2, -0.15) is 4.31 Å². The summed E-state index contributed by atoms with van der Waals surface area (Å²) in [5.41, 5.74) is 0. The molecule has 1 aromatic carbocycles. The predicted molar refractivity (Wildman–Crippen MR) is 78.7 cm³/mol. The topological polar surface area (TPSA) is 93.1 Å². The van der Waals surface area contributed by atoms with E-state index in [1.165, 1.54) is 30.7 Å². The lowest BCUT2D eigenvalue weighted by Crippen LogP contribution is -2.40. The van der Waals surface area contributed by atoms with Crippen LogP contribution in [-0.2, 0) is 14.8 Å². The van der Waals surface area contributed by atoms with E-state index in [1.54, 1.807) is 6.07 Å². The molecule has 0 aliphatic carbocycles. The molecule has 1 fully saturated rings. The number of carboxylic acid groups (broad SMARTS) is 1. The molecule has 0 saturated carbocycles. The monoisotopic (exact) mass is 329 g/mol. The Hall–Kier alpha value is -1.80. The molecule has 1 aromatic rings. The number of nitrogens with zero attached hydrogens (tertiary/aromatic N) is 1. The Bertz CT molecular complexity index is 627. The van der Waals surface area contributed by atoms with Crippen molar-refractivity contribution in [2.75, 3.05) is 27.3 Å². The molecular weight excluding hydrogens is 310 g/mol. The van der Waals surface area contributed by atoms with Gasteiger partial charge in [0.25, 0.3) is 0 Å². The van der Waals surface area contributed by atoms with Crippen molar-refractivity contribution < 1.29 is 27.8 Å². The summed E-state index contributed by atoms with van der Waals surface area (Å²) in [6.07, 6.45) is 0.630. The number of carbonyl (C=O) groups is 1. The molecular formula is C14H19NO6S. The van der Waals surface area contributed by atoms with Crippen LogP contribution in [0.2, 0.25) is 0 Å². The molecule has 7 nitrogen and oxygen atoms in total. The summed E-state index contributed by atoms with van der Waals surface area (Å²) < 4.78 is 36.8. The molecule has 1 heterocycles. The molecule has 1 aliphatic heterocycles. The molecule has 1 aliphatic rings. The zero-order valence-electron chi connectivity index (χ0n) is 12.5. The number of carboxylic acids is 1. The lowest BCUT2D eigenvalue weighted by molar-refractivity contribution is -0.142. The average Bonchev–Trinajstić information content (AvgIpc) is 2.54. The van der Waals surface area contributed by atoms with Crippen LogP contribution in [0.3, 0.4) is 0 Å². The van der Waals surface area contributed by atoms with E-state index in [-0.39, 0.29) is 18.0 Å². The molecule has 122 valence electrons. The van der Waals surface area contributed by atoms with Gasteiger partial charge in [0.15, 0.2) is 0 Å². The minimum absolute atomic E-state index is 0.0810. The van der Waals surface area contributed by atoms with Gasteiger partial charge < -0.3 is 14.6 Å². The summed E-state index contributed by atoms with van der Waals surface area (Å²) >= 11 is 0. The summed E-state index contributed by atoms with van der Waals surface area (Å²) in [6.45, 7) is 0.387. The van der Waals surface area contributed by atoms with Crippen molar-refractivity contribution in [1.29, 1.82) is 0 Å². The van der Waals surface area contributed by atoms with Crippen molar-refractivity contribution in [3.05, 3.63) is 18.2 Å². The minimum atomic E-state index is -3.70. The second-order valence-electron chi connectivity index (χ2n) is 5.06. The number of ether oxygens (including phenoxy) is 2. The second-order valence-corrected chi connectivity index (χ2v) is 7.00. The fourth-order valence-corrected chi connectivity index (χ4v) is 3.94. The van der Waals surface area contributed by atoms with Gasteiger partial charge in [-0.15, -0.1) is 0 Å². The lowest BCUT2D eigenvalue weighted by atomic mass is 9.99. The van der Waals surface area contributed by atoms with Gasteiger partial charge in [0.2, 0.25) is 10.0 Å². The van der Waals surface area contributed by atoms with Gasteiger partial charge >= 0.3 is 5.97 Å². The van der Waals surface area contributed by atoms with Crippen molar-refractivity contribution >= 4 is 16.0 Å². The highest BCUT2D eigenvalue weighted by atomic mass is 32.2. The molecule has 0 bridgehead atoms. The Kier molecular flexibility index (Phi) is 4.92. The van der Waals surface area contributed by atoms with E-state index < -0.39 is 21.9 Å². The van der Waals surface area contributed by atoms with Crippen LogP contribution in [0.15, 0.2) is 23.1 Å². The summed E-state index contributed by atoms with van der Waals surface area (Å²) in [6, 6.07) is 4.46. The highest BCUT2D eigenvalue weighted by molar-refractivity contribution is 7.89. The number of rotatable bonds is 5. The molecule has 0 spiro atoms. The Morgan fingerprint density at radius 3 is 2.05 bits per heavy atom. The average molecular weight is 329 g/mol. The van der Waals surface area contributed by atoms with Gasteiger partial charge in [0.05, 0.1) is 25.0 Å². The van der Waals surface area contributed by atoms with Crippen molar-refractivity contribution in [3.63, 3.8) is 0 Å². The SMILES string of the molecule is COc1cc(OC)cc(S(=O)(=O)N2CCC(C(=O)O)CC2)c1. The summed E-state index contributed by atoms with van der Waals surface area (Å²) in [5.74, 6) is -0.580. The zero-order valence-corrected chi connectivity index (χ0v) is 13.3. The lowest BCUT2D eigenvalue weighted by Gasteiger charge is -2.29. The maximum Gasteiger partial charge on any atom is 0.306 e. The molecule has 0 aromatic heterocycles. The third-order valence-electron chi connectivity index (χ3n) is 3.77. The molecule has 0 unspecified atom stereocenters. The fourth-order valence-electron chi connectivity index (χ4n) is 2.42. The third kappa shape index (κ3) is 3.33. The van der Waals surface area contributed by atoms with Crippen LogP contribution in [0, 0.1) is 5.92 Å². The Morgan fingerprint density at radius 1 is 1.14 bits per heavy atom. The van der Waals surface area contributed by atoms with E-state index in [4.69, 9.17) is 14.6 Å². The zero-order chi connectivity index (χ0) is 16.3. The van der Waals surface area contributed by atoms with Crippen molar-refractivity contribution in [1.82, 2.24) is 4.31 Å². The largest absolute Gasteiger partial charge is 0.497 e. The first-order chi connectivity index (χ1) is 10.4. The maximum absolute atomic E-state index is 12.7.